The van der Waals surface area contributed by atoms with Crippen molar-refractivity contribution in [1.82, 2.24) is 0 Å². The van der Waals surface area contributed by atoms with Gasteiger partial charge in [0.1, 0.15) is 0 Å². The van der Waals surface area contributed by atoms with Crippen LogP contribution in [0.3, 0.4) is 0 Å². The first-order valence-electron chi connectivity index (χ1n) is 5.11. The molecule has 1 aromatic carbocycles. The van der Waals surface area contributed by atoms with E-state index in [-0.39, 0.29) is 12.0 Å². The molecule has 0 saturated heterocycles. The third-order valence-electron chi connectivity index (χ3n) is 3.44. The molecule has 0 aromatic heterocycles. The van der Waals surface area contributed by atoms with Crippen LogP contribution in [0.4, 0.5) is 0 Å². The van der Waals surface area contributed by atoms with Crippen LogP contribution < -0.4 is 5.73 Å². The number of aliphatic hydroxyl groups excluding tert-OH is 1. The van der Waals surface area contributed by atoms with Crippen LogP contribution in [0.2, 0.25) is 0 Å². The lowest BCUT2D eigenvalue weighted by atomic mass is 9.93. The molecular formula is C12H17NO. The number of rotatable bonds is 3. The Morgan fingerprint density at radius 3 is 2.50 bits per heavy atom. The molecule has 1 saturated carbocycles. The standard InChI is InChI=1S/C12H17NO/c1-9-2-4-10(5-3-9)12(8-13)6-11(12)7-14/h2-5,11,14H,6-8,13H2,1H3/t11-,12+/m1/s1. The van der Waals surface area contributed by atoms with Crippen LogP contribution in [0.5, 0.6) is 0 Å². The Morgan fingerprint density at radius 2 is 2.07 bits per heavy atom. The predicted octanol–water partition coefficient (Wildman–Crippen LogP) is 1.20. The number of hydrogen-bond donors (Lipinski definition) is 2. The third-order valence-corrected chi connectivity index (χ3v) is 3.44. The molecule has 14 heavy (non-hydrogen) atoms. The Balaban J connectivity index is 2.26. The molecule has 2 nitrogen and oxygen atoms in total. The highest BCUT2D eigenvalue weighted by Crippen LogP contribution is 2.53. The van der Waals surface area contributed by atoms with Crippen molar-refractivity contribution in [3.63, 3.8) is 0 Å². The van der Waals surface area contributed by atoms with Crippen LogP contribution >= 0.6 is 0 Å². The number of benzene rings is 1. The average Bonchev–Trinajstić information content (AvgIpc) is 2.94. The molecule has 1 aliphatic rings. The summed E-state index contributed by atoms with van der Waals surface area (Å²) in [6, 6.07) is 8.49. The summed E-state index contributed by atoms with van der Waals surface area (Å²) in [5, 5.41) is 9.13. The van der Waals surface area contributed by atoms with Gasteiger partial charge in [-0.2, -0.15) is 0 Å². The summed E-state index contributed by atoms with van der Waals surface area (Å²) in [7, 11) is 0. The number of hydrogen-bond acceptors (Lipinski definition) is 2. The van der Waals surface area contributed by atoms with E-state index in [1.54, 1.807) is 0 Å². The van der Waals surface area contributed by atoms with E-state index < -0.39 is 0 Å². The fourth-order valence-electron chi connectivity index (χ4n) is 2.23. The van der Waals surface area contributed by atoms with Gasteiger partial charge in [0.15, 0.2) is 0 Å². The fourth-order valence-corrected chi connectivity index (χ4v) is 2.23. The summed E-state index contributed by atoms with van der Waals surface area (Å²) < 4.78 is 0. The minimum Gasteiger partial charge on any atom is -0.396 e. The highest BCUT2D eigenvalue weighted by molar-refractivity contribution is 5.36. The quantitative estimate of drug-likeness (QED) is 0.754. The Kier molecular flexibility index (Phi) is 2.33. The topological polar surface area (TPSA) is 46.2 Å². The lowest BCUT2D eigenvalue weighted by Crippen LogP contribution is -2.23. The Hall–Kier alpha value is -0.860. The lowest BCUT2D eigenvalue weighted by Gasteiger charge is -2.15. The van der Waals surface area contributed by atoms with E-state index in [0.717, 1.165) is 6.42 Å². The normalized spacial score (nSPS) is 30.4. The summed E-state index contributed by atoms with van der Waals surface area (Å²) in [5.41, 5.74) is 8.41. The van der Waals surface area contributed by atoms with Crippen molar-refractivity contribution in [2.45, 2.75) is 18.8 Å². The van der Waals surface area contributed by atoms with E-state index in [9.17, 15) is 0 Å². The van der Waals surface area contributed by atoms with Crippen molar-refractivity contribution >= 4 is 0 Å². The smallest absolute Gasteiger partial charge is 0.0468 e. The minimum absolute atomic E-state index is 0.0719. The van der Waals surface area contributed by atoms with E-state index in [0.29, 0.717) is 12.5 Å². The molecule has 0 bridgehead atoms. The van der Waals surface area contributed by atoms with Crippen LogP contribution in [0.15, 0.2) is 24.3 Å². The molecule has 0 unspecified atom stereocenters. The Bertz CT molecular complexity index is 320. The number of nitrogens with two attached hydrogens (primary N) is 1. The van der Waals surface area contributed by atoms with Crippen LogP contribution in [0, 0.1) is 12.8 Å². The largest absolute Gasteiger partial charge is 0.396 e. The first-order valence-corrected chi connectivity index (χ1v) is 5.11. The molecule has 2 heteroatoms. The zero-order valence-corrected chi connectivity index (χ0v) is 8.53. The zero-order chi connectivity index (χ0) is 10.2. The number of aryl methyl sites for hydroxylation is 1. The summed E-state index contributed by atoms with van der Waals surface area (Å²) in [6.45, 7) is 2.97. The van der Waals surface area contributed by atoms with Gasteiger partial charge in [-0.15, -0.1) is 0 Å². The zero-order valence-electron chi connectivity index (χ0n) is 8.53. The molecule has 1 aliphatic carbocycles. The van der Waals surface area contributed by atoms with E-state index in [2.05, 4.69) is 31.2 Å². The molecule has 0 heterocycles. The van der Waals surface area contributed by atoms with Gasteiger partial charge in [-0.05, 0) is 24.8 Å². The second-order valence-corrected chi connectivity index (χ2v) is 4.31. The van der Waals surface area contributed by atoms with Gasteiger partial charge in [-0.3, -0.25) is 0 Å². The first-order chi connectivity index (χ1) is 6.73. The molecule has 2 rings (SSSR count). The summed E-state index contributed by atoms with van der Waals surface area (Å²) in [4.78, 5) is 0. The van der Waals surface area contributed by atoms with Crippen LogP contribution in [0.1, 0.15) is 17.5 Å². The molecule has 0 amide bonds. The van der Waals surface area contributed by atoms with Crippen molar-refractivity contribution in [3.8, 4) is 0 Å². The SMILES string of the molecule is Cc1ccc([C@@]2(CN)C[C@@H]2CO)cc1. The van der Waals surface area contributed by atoms with Crippen molar-refractivity contribution in [2.75, 3.05) is 13.2 Å². The first kappa shape index (κ1) is 9.69. The average molecular weight is 191 g/mol. The van der Waals surface area contributed by atoms with E-state index >= 15 is 0 Å². The molecule has 3 N–H and O–H groups in total. The summed E-state index contributed by atoms with van der Waals surface area (Å²) in [6.07, 6.45) is 1.03. The molecular weight excluding hydrogens is 174 g/mol. The van der Waals surface area contributed by atoms with Gasteiger partial charge in [0.2, 0.25) is 0 Å². The lowest BCUT2D eigenvalue weighted by molar-refractivity contribution is 0.264. The highest BCUT2D eigenvalue weighted by Gasteiger charge is 2.53. The van der Waals surface area contributed by atoms with E-state index in [4.69, 9.17) is 10.8 Å². The molecule has 0 radical (unpaired) electrons. The van der Waals surface area contributed by atoms with Crippen molar-refractivity contribution < 1.29 is 5.11 Å². The van der Waals surface area contributed by atoms with Gasteiger partial charge in [0, 0.05) is 18.6 Å². The third kappa shape index (κ3) is 1.35. The molecule has 0 aliphatic heterocycles. The van der Waals surface area contributed by atoms with Crippen LogP contribution in [0.25, 0.3) is 0 Å². The van der Waals surface area contributed by atoms with Gasteiger partial charge in [-0.25, -0.2) is 0 Å². The maximum Gasteiger partial charge on any atom is 0.0468 e. The van der Waals surface area contributed by atoms with Crippen molar-refractivity contribution in [3.05, 3.63) is 35.4 Å². The maximum atomic E-state index is 9.13. The summed E-state index contributed by atoms with van der Waals surface area (Å²) >= 11 is 0. The van der Waals surface area contributed by atoms with Gasteiger partial charge >= 0.3 is 0 Å². The molecule has 0 spiro atoms. The van der Waals surface area contributed by atoms with Crippen LogP contribution in [-0.4, -0.2) is 18.3 Å². The molecule has 2 atom stereocenters. The van der Waals surface area contributed by atoms with Crippen molar-refractivity contribution in [1.29, 1.82) is 0 Å². The maximum absolute atomic E-state index is 9.13. The minimum atomic E-state index is 0.0719. The van der Waals surface area contributed by atoms with Gasteiger partial charge in [0.05, 0.1) is 0 Å². The van der Waals surface area contributed by atoms with Gasteiger partial charge in [-0.1, -0.05) is 29.8 Å². The Morgan fingerprint density at radius 1 is 1.43 bits per heavy atom. The van der Waals surface area contributed by atoms with Gasteiger partial charge in [0.25, 0.3) is 0 Å². The van der Waals surface area contributed by atoms with E-state index in [1.165, 1.54) is 11.1 Å². The molecule has 1 fully saturated rings. The van der Waals surface area contributed by atoms with Gasteiger partial charge < -0.3 is 10.8 Å². The van der Waals surface area contributed by atoms with Crippen LogP contribution in [-0.2, 0) is 5.41 Å². The van der Waals surface area contributed by atoms with Crippen molar-refractivity contribution in [2.24, 2.45) is 11.7 Å². The second-order valence-electron chi connectivity index (χ2n) is 4.31. The fraction of sp³-hybridized carbons (Fsp3) is 0.500. The predicted molar refractivity (Wildman–Crippen MR) is 57.1 cm³/mol. The monoisotopic (exact) mass is 191 g/mol. The number of aliphatic hydroxyl groups is 1. The van der Waals surface area contributed by atoms with E-state index in [1.807, 2.05) is 0 Å². The highest BCUT2D eigenvalue weighted by atomic mass is 16.3. The molecule has 1 aromatic rings. The summed E-state index contributed by atoms with van der Waals surface area (Å²) in [5.74, 6) is 0.371. The molecule has 76 valence electrons. The second kappa shape index (κ2) is 3.37. The Labute approximate surface area is 84.7 Å².